The van der Waals surface area contributed by atoms with Crippen molar-refractivity contribution in [3.05, 3.63) is 168 Å². The molecule has 6 heterocycles. The van der Waals surface area contributed by atoms with Gasteiger partial charge in [0.15, 0.2) is 0 Å². The van der Waals surface area contributed by atoms with Crippen LogP contribution in [0.1, 0.15) is 84.6 Å². The summed E-state index contributed by atoms with van der Waals surface area (Å²) < 4.78 is 16.6. The van der Waals surface area contributed by atoms with E-state index in [2.05, 4.69) is 216 Å². The number of hydrogen-bond donors (Lipinski definition) is 0. The zero-order valence-corrected chi connectivity index (χ0v) is 41.0. The molecule has 14 rings (SSSR count). The molecule has 0 saturated heterocycles. The number of nitriles is 1. The van der Waals surface area contributed by atoms with Crippen LogP contribution in [0.2, 0.25) is 0 Å². The predicted molar refractivity (Wildman–Crippen MR) is 292 cm³/mol. The first-order valence-electron chi connectivity index (χ1n) is 24.6. The van der Waals surface area contributed by atoms with Gasteiger partial charge in [0.25, 0.3) is 6.71 Å². The van der Waals surface area contributed by atoms with Crippen LogP contribution >= 0.6 is 0 Å². The fourth-order valence-corrected chi connectivity index (χ4v) is 11.9. The third-order valence-electron chi connectivity index (χ3n) is 15.5. The standard InChI is InChI=1S/C63H51BN4O2/c1-61(2,3)38-20-23-48-44(28-38)45-29-39(62(4,5)6)31-51-57(45)67(48)52-32-40(63(7,8)9)30-47-59(52)68(51)50-26-35(34-65)25-49-56(50)64(47)60-58(46-27-37(19-24-54(46)70-60)36-15-11-10-12-16-36)66(49)41-21-22-43-42-17-13-14-18-53(42)69-55(43)33-41/h10-33H,1-9H3. The van der Waals surface area contributed by atoms with Crippen LogP contribution < -0.4 is 26.4 Å². The molecular weight excluding hydrogens is 856 g/mol. The molecule has 0 atom stereocenters. The van der Waals surface area contributed by atoms with Gasteiger partial charge in [-0.25, -0.2) is 0 Å². The second-order valence-corrected chi connectivity index (χ2v) is 23.0. The fraction of sp³-hybridized carbons (Fsp3) is 0.190. The Morgan fingerprint density at radius 3 is 1.90 bits per heavy atom. The van der Waals surface area contributed by atoms with Crippen LogP contribution in [0, 0.1) is 11.3 Å². The van der Waals surface area contributed by atoms with Crippen LogP contribution in [0.5, 0.6) is 0 Å². The van der Waals surface area contributed by atoms with Gasteiger partial charge in [-0.2, -0.15) is 5.26 Å². The monoisotopic (exact) mass is 906 g/mol. The topological polar surface area (TPSA) is 61.5 Å². The van der Waals surface area contributed by atoms with Gasteiger partial charge in [-0.05, 0) is 128 Å². The van der Waals surface area contributed by atoms with Crippen molar-refractivity contribution < 1.29 is 8.83 Å². The van der Waals surface area contributed by atoms with Gasteiger partial charge in [0.2, 0.25) is 0 Å². The molecule has 0 saturated carbocycles. The van der Waals surface area contributed by atoms with Gasteiger partial charge < -0.3 is 23.2 Å². The number of benzene rings is 8. The third kappa shape index (κ3) is 5.56. The van der Waals surface area contributed by atoms with Gasteiger partial charge in [0.1, 0.15) is 16.7 Å². The molecule has 0 fully saturated rings. The molecule has 3 aliphatic heterocycles. The molecular formula is C63H51BN4O2. The molecule has 0 radical (unpaired) electrons. The maximum Gasteiger partial charge on any atom is 0.297 e. The van der Waals surface area contributed by atoms with Gasteiger partial charge in [-0.3, -0.25) is 0 Å². The molecule has 0 amide bonds. The van der Waals surface area contributed by atoms with Crippen molar-refractivity contribution in [2.75, 3.05) is 9.80 Å². The summed E-state index contributed by atoms with van der Waals surface area (Å²) in [4.78, 5) is 4.87. The van der Waals surface area contributed by atoms with Crippen LogP contribution in [0.4, 0.5) is 34.1 Å². The maximum absolute atomic E-state index is 11.2. The van der Waals surface area contributed by atoms with E-state index in [0.29, 0.717) is 5.56 Å². The molecule has 8 aromatic carbocycles. The summed E-state index contributed by atoms with van der Waals surface area (Å²) in [5.41, 5.74) is 21.5. The molecule has 0 aliphatic carbocycles. The van der Waals surface area contributed by atoms with Crippen molar-refractivity contribution in [2.45, 2.75) is 78.6 Å². The molecule has 0 N–H and O–H groups in total. The van der Waals surface area contributed by atoms with Crippen molar-refractivity contribution in [2.24, 2.45) is 0 Å². The van der Waals surface area contributed by atoms with E-state index in [1.54, 1.807) is 0 Å². The lowest BCUT2D eigenvalue weighted by molar-refractivity contribution is 0.590. The summed E-state index contributed by atoms with van der Waals surface area (Å²) in [6.07, 6.45) is 0. The second kappa shape index (κ2) is 13.6. The first-order chi connectivity index (χ1) is 33.5. The van der Waals surface area contributed by atoms with E-state index in [4.69, 9.17) is 8.83 Å². The molecule has 0 spiro atoms. The van der Waals surface area contributed by atoms with Crippen LogP contribution in [-0.2, 0) is 16.2 Å². The van der Waals surface area contributed by atoms with Gasteiger partial charge in [-0.15, -0.1) is 0 Å². The summed E-state index contributed by atoms with van der Waals surface area (Å²) in [5.74, 6) is 0. The summed E-state index contributed by atoms with van der Waals surface area (Å²) in [6.45, 7) is 20.5. The van der Waals surface area contributed by atoms with Crippen molar-refractivity contribution >= 4 is 112 Å². The minimum atomic E-state index is -0.309. The van der Waals surface area contributed by atoms with Crippen molar-refractivity contribution in [1.29, 1.82) is 5.26 Å². The molecule has 70 heavy (non-hydrogen) atoms. The normalized spacial score (nSPS) is 14.0. The van der Waals surface area contributed by atoms with E-state index < -0.39 is 0 Å². The van der Waals surface area contributed by atoms with Crippen molar-refractivity contribution in [3.8, 4) is 22.9 Å². The first kappa shape index (κ1) is 41.1. The average Bonchev–Trinajstić information content (AvgIpc) is 4.02. The average molecular weight is 907 g/mol. The smallest absolute Gasteiger partial charge is 0.297 e. The Balaban J connectivity index is 1.15. The number of aromatic nitrogens is 1. The van der Waals surface area contributed by atoms with Crippen LogP contribution in [0.25, 0.3) is 71.5 Å². The van der Waals surface area contributed by atoms with Crippen molar-refractivity contribution in [3.63, 3.8) is 0 Å². The predicted octanol–water partition coefficient (Wildman–Crippen LogP) is 15.3. The van der Waals surface area contributed by atoms with E-state index in [9.17, 15) is 5.26 Å². The number of rotatable bonds is 2. The lowest BCUT2D eigenvalue weighted by Crippen LogP contribution is -2.61. The highest BCUT2D eigenvalue weighted by Crippen LogP contribution is 2.55. The largest absolute Gasteiger partial charge is 0.468 e. The fourth-order valence-electron chi connectivity index (χ4n) is 11.9. The highest BCUT2D eigenvalue weighted by atomic mass is 16.3. The highest BCUT2D eigenvalue weighted by Gasteiger charge is 2.50. The lowest BCUT2D eigenvalue weighted by atomic mass is 9.35. The zero-order valence-electron chi connectivity index (χ0n) is 41.0. The summed E-state index contributed by atoms with van der Waals surface area (Å²) >= 11 is 0. The van der Waals surface area contributed by atoms with E-state index in [0.717, 1.165) is 95.0 Å². The lowest BCUT2D eigenvalue weighted by Gasteiger charge is -2.45. The number of fused-ring (bicyclic) bond motifs is 14. The van der Waals surface area contributed by atoms with Crippen LogP contribution in [0.15, 0.2) is 154 Å². The second-order valence-electron chi connectivity index (χ2n) is 23.0. The van der Waals surface area contributed by atoms with Crippen molar-refractivity contribution in [1.82, 2.24) is 4.57 Å². The number of anilines is 6. The van der Waals surface area contributed by atoms with Crippen LogP contribution in [-0.4, -0.2) is 11.3 Å². The number of furan rings is 2. The van der Waals surface area contributed by atoms with Gasteiger partial charge in [0, 0.05) is 50.1 Å². The van der Waals surface area contributed by atoms with Gasteiger partial charge >= 0.3 is 0 Å². The van der Waals surface area contributed by atoms with E-state index >= 15 is 0 Å². The Kier molecular flexibility index (Phi) is 8.00. The minimum Gasteiger partial charge on any atom is -0.468 e. The highest BCUT2D eigenvalue weighted by molar-refractivity contribution is 7.00. The third-order valence-corrected chi connectivity index (χ3v) is 15.5. The molecule has 7 heteroatoms. The molecule has 6 nitrogen and oxygen atoms in total. The SMILES string of the molecule is CC(C)(C)c1cc2c3c(c1)-n1c4ccc(C(C)(C)C)cc4c4cc(C(C)(C)C)cc(c41)N3c1cc(C#N)cc3c1B2c1oc2ccc(-c4ccccc4)cc2c1N3c1ccc2c(c1)oc1ccccc12. The zero-order chi connectivity index (χ0) is 47.9. The molecule has 11 aromatic rings. The van der Waals surface area contributed by atoms with E-state index in [1.165, 1.54) is 44.0 Å². The molecule has 338 valence electrons. The summed E-state index contributed by atoms with van der Waals surface area (Å²) in [7, 11) is 0. The maximum atomic E-state index is 11.2. The Morgan fingerprint density at radius 1 is 0.471 bits per heavy atom. The molecule has 0 unspecified atom stereocenters. The first-order valence-corrected chi connectivity index (χ1v) is 24.6. The number of hydrogen-bond acceptors (Lipinski definition) is 5. The summed E-state index contributed by atoms with van der Waals surface area (Å²) in [6, 6.07) is 55.7. The quantitative estimate of drug-likeness (QED) is 0.162. The molecule has 3 aromatic heterocycles. The minimum absolute atomic E-state index is 0.0365. The van der Waals surface area contributed by atoms with Gasteiger partial charge in [0.05, 0.1) is 51.1 Å². The number of nitrogens with zero attached hydrogens (tertiary/aromatic N) is 4. The van der Waals surface area contributed by atoms with Crippen LogP contribution in [0.3, 0.4) is 0 Å². The summed E-state index contributed by atoms with van der Waals surface area (Å²) in [5, 5.41) is 16.8. The van der Waals surface area contributed by atoms with E-state index in [-0.39, 0.29) is 23.0 Å². The Hall–Kier alpha value is -7.95. The Morgan fingerprint density at radius 2 is 1.14 bits per heavy atom. The molecule has 3 aliphatic rings. The van der Waals surface area contributed by atoms with Gasteiger partial charge in [-0.1, -0.05) is 129 Å². The Bertz CT molecular complexity index is 4160. The van der Waals surface area contributed by atoms with E-state index in [1.807, 2.05) is 12.1 Å². The Labute approximate surface area is 408 Å². The molecule has 0 bridgehead atoms. The number of para-hydroxylation sites is 1.